The van der Waals surface area contributed by atoms with E-state index in [4.69, 9.17) is 14.5 Å². The largest absolute Gasteiger partial charge is 0.493 e. The molecule has 0 radical (unpaired) electrons. The fourth-order valence-corrected chi connectivity index (χ4v) is 4.54. The van der Waals surface area contributed by atoms with Crippen LogP contribution in [0.25, 0.3) is 5.70 Å². The van der Waals surface area contributed by atoms with Crippen molar-refractivity contribution >= 4 is 20.1 Å². The lowest BCUT2D eigenvalue weighted by molar-refractivity contribution is 0.233. The number of rotatable bonds is 5. The van der Waals surface area contributed by atoms with Crippen LogP contribution in [0.2, 0.25) is 0 Å². The van der Waals surface area contributed by atoms with Gasteiger partial charge in [-0.2, -0.15) is 5.10 Å². The third-order valence-corrected chi connectivity index (χ3v) is 6.12. The molecule has 2 aliphatic heterocycles. The highest BCUT2D eigenvalue weighted by molar-refractivity contribution is 7.41. The predicted molar refractivity (Wildman–Crippen MR) is 119 cm³/mol. The predicted octanol–water partition coefficient (Wildman–Crippen LogP) is 3.34. The van der Waals surface area contributed by atoms with Crippen molar-refractivity contribution in [3.05, 3.63) is 78.3 Å². The van der Waals surface area contributed by atoms with Gasteiger partial charge in [0.25, 0.3) is 0 Å². The van der Waals surface area contributed by atoms with Gasteiger partial charge in [-0.1, -0.05) is 26.5 Å². The van der Waals surface area contributed by atoms with E-state index in [1.54, 1.807) is 18.1 Å². The highest BCUT2D eigenvalue weighted by Gasteiger charge is 2.24. The van der Waals surface area contributed by atoms with E-state index in [1.165, 1.54) is 12.5 Å². The van der Waals surface area contributed by atoms with Crippen LogP contribution < -0.4 is 14.8 Å². The molecule has 8 heteroatoms. The Labute approximate surface area is 176 Å². The number of hydrogen-bond acceptors (Lipinski definition) is 6. The molecule has 0 saturated carbocycles. The SMILES string of the molecule is COc1ccc(C2=NC3C=CC=C(n4cncn4)C=C3N2)cc1OC1C=CPCC1. The molecule has 1 aromatic heterocycles. The van der Waals surface area contributed by atoms with Crippen molar-refractivity contribution in [2.75, 3.05) is 13.3 Å². The molecule has 152 valence electrons. The Morgan fingerprint density at radius 3 is 3.00 bits per heavy atom. The molecule has 0 spiro atoms. The number of allylic oxidation sites excluding steroid dienone is 4. The van der Waals surface area contributed by atoms with Gasteiger partial charge in [0, 0.05) is 11.3 Å². The number of benzene rings is 1. The van der Waals surface area contributed by atoms with E-state index in [9.17, 15) is 0 Å². The molecule has 0 saturated heterocycles. The summed E-state index contributed by atoms with van der Waals surface area (Å²) in [6, 6.07) is 5.87. The molecule has 7 nitrogen and oxygen atoms in total. The Hall–Kier alpha value is -3.18. The molecule has 2 aromatic rings. The van der Waals surface area contributed by atoms with E-state index in [0.29, 0.717) is 0 Å². The van der Waals surface area contributed by atoms with Crippen LogP contribution in [-0.2, 0) is 0 Å². The first-order valence-corrected chi connectivity index (χ1v) is 11.1. The van der Waals surface area contributed by atoms with Crippen molar-refractivity contribution in [2.45, 2.75) is 18.6 Å². The second kappa shape index (κ2) is 8.28. The summed E-state index contributed by atoms with van der Waals surface area (Å²) < 4.78 is 13.5. The van der Waals surface area contributed by atoms with Gasteiger partial charge in [-0.3, -0.25) is 4.99 Å². The molecular weight excluding hydrogens is 397 g/mol. The van der Waals surface area contributed by atoms with Crippen LogP contribution in [0.15, 0.2) is 77.7 Å². The minimum absolute atomic E-state index is 0.0639. The smallest absolute Gasteiger partial charge is 0.162 e. The van der Waals surface area contributed by atoms with Crippen LogP contribution in [0, 0.1) is 0 Å². The molecule has 3 aliphatic rings. The lowest BCUT2D eigenvalue weighted by Gasteiger charge is -2.20. The van der Waals surface area contributed by atoms with Crippen molar-refractivity contribution in [1.82, 2.24) is 20.1 Å². The van der Waals surface area contributed by atoms with Gasteiger partial charge in [0.1, 0.15) is 30.6 Å². The number of aliphatic imine (C=N–C) groups is 1. The third kappa shape index (κ3) is 3.81. The lowest BCUT2D eigenvalue weighted by atomic mass is 10.1. The summed E-state index contributed by atoms with van der Waals surface area (Å²) in [4.78, 5) is 8.89. The number of amidine groups is 1. The van der Waals surface area contributed by atoms with Crippen molar-refractivity contribution < 1.29 is 9.47 Å². The minimum atomic E-state index is -0.0639. The fourth-order valence-electron chi connectivity index (χ4n) is 3.58. The van der Waals surface area contributed by atoms with Gasteiger partial charge in [-0.05, 0) is 49.0 Å². The Morgan fingerprint density at radius 1 is 1.23 bits per heavy atom. The van der Waals surface area contributed by atoms with Crippen LogP contribution in [0.1, 0.15) is 12.0 Å². The maximum Gasteiger partial charge on any atom is 0.162 e. The number of nitrogens with one attached hydrogen (secondary N) is 1. The standard InChI is InChI=1S/C22H22N5O2P/c1-28-20-6-5-15(11-21(20)29-17-7-9-30-10-8-17)22-25-18-4-2-3-16(12-19(18)26-22)27-14-23-13-24-27/h2-7,9,11-14,17-18,30H,8,10H2,1H3,(H,25,26). The molecule has 1 aliphatic carbocycles. The quantitative estimate of drug-likeness (QED) is 0.753. The van der Waals surface area contributed by atoms with E-state index in [2.05, 4.69) is 33.4 Å². The Balaban J connectivity index is 1.41. The topological polar surface area (TPSA) is 73.6 Å². The Morgan fingerprint density at radius 2 is 2.20 bits per heavy atom. The van der Waals surface area contributed by atoms with Crippen LogP contribution in [0.4, 0.5) is 0 Å². The summed E-state index contributed by atoms with van der Waals surface area (Å²) in [7, 11) is 2.55. The number of hydrogen-bond donors (Lipinski definition) is 1. The summed E-state index contributed by atoms with van der Waals surface area (Å²) in [6.07, 6.45) is 15.7. The molecule has 1 N–H and O–H groups in total. The molecular formula is C22H22N5O2P. The average molecular weight is 419 g/mol. The fraction of sp³-hybridized carbons (Fsp3) is 0.227. The van der Waals surface area contributed by atoms with Gasteiger partial charge in [-0.15, -0.1) is 0 Å². The summed E-state index contributed by atoms with van der Waals surface area (Å²) >= 11 is 0. The Kier molecular flexibility index (Phi) is 5.20. The van der Waals surface area contributed by atoms with Crippen molar-refractivity contribution in [3.63, 3.8) is 0 Å². The van der Waals surface area contributed by atoms with E-state index in [0.717, 1.165) is 49.3 Å². The first-order valence-electron chi connectivity index (χ1n) is 9.85. The maximum atomic E-state index is 6.24. The molecule has 0 amide bonds. The van der Waals surface area contributed by atoms with Crippen molar-refractivity contribution in [3.8, 4) is 11.5 Å². The molecule has 0 fully saturated rings. The third-order valence-electron chi connectivity index (χ3n) is 5.11. The zero-order valence-electron chi connectivity index (χ0n) is 16.5. The van der Waals surface area contributed by atoms with Crippen LogP contribution in [0.5, 0.6) is 11.5 Å². The Bertz CT molecular complexity index is 1080. The van der Waals surface area contributed by atoms with Crippen LogP contribution in [0.3, 0.4) is 0 Å². The van der Waals surface area contributed by atoms with Crippen LogP contribution in [-0.4, -0.2) is 46.0 Å². The van der Waals surface area contributed by atoms with Crippen molar-refractivity contribution in [2.24, 2.45) is 4.99 Å². The molecule has 3 heterocycles. The van der Waals surface area contributed by atoms with E-state index in [-0.39, 0.29) is 12.1 Å². The van der Waals surface area contributed by atoms with E-state index < -0.39 is 0 Å². The number of fused-ring (bicyclic) bond motifs is 1. The lowest BCUT2D eigenvalue weighted by Crippen LogP contribution is -2.20. The molecule has 1 aromatic carbocycles. The number of ether oxygens (including phenoxy) is 2. The second-order valence-corrected chi connectivity index (χ2v) is 8.33. The first-order chi connectivity index (χ1) is 14.8. The van der Waals surface area contributed by atoms with Crippen molar-refractivity contribution in [1.29, 1.82) is 0 Å². The summed E-state index contributed by atoms with van der Waals surface area (Å²) in [5.41, 5.74) is 2.88. The van der Waals surface area contributed by atoms with Gasteiger partial charge in [-0.25, -0.2) is 9.67 Å². The molecule has 0 bridgehead atoms. The molecule has 3 atom stereocenters. The van der Waals surface area contributed by atoms with Gasteiger partial charge in [0.2, 0.25) is 0 Å². The van der Waals surface area contributed by atoms with Gasteiger partial charge in [0.15, 0.2) is 11.5 Å². The highest BCUT2D eigenvalue weighted by Crippen LogP contribution is 2.33. The molecule has 30 heavy (non-hydrogen) atoms. The summed E-state index contributed by atoms with van der Waals surface area (Å²) in [5, 5.41) is 7.67. The zero-order chi connectivity index (χ0) is 20.3. The van der Waals surface area contributed by atoms with Gasteiger partial charge in [0.05, 0.1) is 12.8 Å². The monoisotopic (exact) mass is 419 g/mol. The summed E-state index contributed by atoms with van der Waals surface area (Å²) in [6.45, 7) is 0. The number of methoxy groups -OCH3 is 1. The molecule has 5 rings (SSSR count). The number of aromatic nitrogens is 3. The minimum Gasteiger partial charge on any atom is -0.493 e. The maximum absolute atomic E-state index is 6.24. The second-order valence-electron chi connectivity index (χ2n) is 7.09. The highest BCUT2D eigenvalue weighted by atomic mass is 31.1. The normalized spacial score (nSPS) is 23.2. The van der Waals surface area contributed by atoms with E-state index in [1.807, 2.05) is 36.4 Å². The number of nitrogens with zero attached hydrogens (tertiary/aromatic N) is 4. The average Bonchev–Trinajstić information content (AvgIpc) is 3.41. The summed E-state index contributed by atoms with van der Waals surface area (Å²) in [5.74, 6) is 4.48. The van der Waals surface area contributed by atoms with Gasteiger partial charge < -0.3 is 14.8 Å². The van der Waals surface area contributed by atoms with Gasteiger partial charge >= 0.3 is 0 Å². The van der Waals surface area contributed by atoms with Crippen LogP contribution >= 0.6 is 8.58 Å². The molecule has 3 unspecified atom stereocenters. The van der Waals surface area contributed by atoms with E-state index >= 15 is 0 Å². The zero-order valence-corrected chi connectivity index (χ0v) is 17.5. The first kappa shape index (κ1) is 18.8.